The van der Waals surface area contributed by atoms with Crippen LogP contribution in [0.1, 0.15) is 18.5 Å². The Labute approximate surface area is 131 Å². The average molecular weight is 322 g/mol. The largest absolute Gasteiger partial charge is 0.368 e. The molecule has 1 aliphatic heterocycles. The number of carbonyl (C=O) groups excluding carboxylic acids is 4. The predicted octanol–water partition coefficient (Wildman–Crippen LogP) is -2.68. The van der Waals surface area contributed by atoms with Crippen LogP contribution in [-0.4, -0.2) is 52.2 Å². The Morgan fingerprint density at radius 1 is 1.43 bits per heavy atom. The van der Waals surface area contributed by atoms with Gasteiger partial charge in [0.1, 0.15) is 12.1 Å². The Morgan fingerprint density at radius 2 is 2.22 bits per heavy atom. The van der Waals surface area contributed by atoms with E-state index in [0.29, 0.717) is 12.1 Å². The molecule has 10 nitrogen and oxygen atoms in total. The van der Waals surface area contributed by atoms with Crippen LogP contribution >= 0.6 is 0 Å². The van der Waals surface area contributed by atoms with Crippen LogP contribution in [0.3, 0.4) is 0 Å². The Kier molecular flexibility index (Phi) is 5.28. The van der Waals surface area contributed by atoms with Crippen LogP contribution in [0.4, 0.5) is 0 Å². The number of amides is 4. The molecule has 1 aromatic rings. The number of nitrogens with zero attached hydrogens (tertiary/aromatic N) is 1. The number of H-pyrrole nitrogens is 1. The van der Waals surface area contributed by atoms with Gasteiger partial charge in [-0.3, -0.25) is 19.2 Å². The highest BCUT2D eigenvalue weighted by Crippen LogP contribution is 2.07. The van der Waals surface area contributed by atoms with E-state index in [-0.39, 0.29) is 25.3 Å². The molecule has 0 radical (unpaired) electrons. The van der Waals surface area contributed by atoms with Crippen LogP contribution in [0.5, 0.6) is 0 Å². The third-order valence-electron chi connectivity index (χ3n) is 3.36. The number of imidazole rings is 1. The Hall–Kier alpha value is -2.91. The van der Waals surface area contributed by atoms with Gasteiger partial charge in [-0.15, -0.1) is 0 Å². The number of nitrogens with one attached hydrogen (secondary N) is 4. The molecule has 10 heteroatoms. The summed E-state index contributed by atoms with van der Waals surface area (Å²) in [7, 11) is 0. The highest BCUT2D eigenvalue weighted by atomic mass is 16.2. The van der Waals surface area contributed by atoms with Gasteiger partial charge >= 0.3 is 0 Å². The Morgan fingerprint density at radius 3 is 2.78 bits per heavy atom. The first-order valence-electron chi connectivity index (χ1n) is 7.08. The van der Waals surface area contributed by atoms with Crippen LogP contribution in [0.15, 0.2) is 12.5 Å². The van der Waals surface area contributed by atoms with Gasteiger partial charge in [-0.25, -0.2) is 4.98 Å². The molecular formula is C13H18N6O4. The molecule has 0 saturated carbocycles. The van der Waals surface area contributed by atoms with E-state index in [9.17, 15) is 19.2 Å². The van der Waals surface area contributed by atoms with Gasteiger partial charge in [-0.05, 0) is 6.42 Å². The van der Waals surface area contributed by atoms with E-state index in [0.717, 1.165) is 0 Å². The van der Waals surface area contributed by atoms with Crippen LogP contribution in [0, 0.1) is 0 Å². The first kappa shape index (κ1) is 16.5. The zero-order chi connectivity index (χ0) is 16.8. The van der Waals surface area contributed by atoms with Gasteiger partial charge in [-0.2, -0.15) is 0 Å². The minimum Gasteiger partial charge on any atom is -0.368 e. The molecule has 1 fully saturated rings. The van der Waals surface area contributed by atoms with Crippen molar-refractivity contribution in [1.82, 2.24) is 25.9 Å². The van der Waals surface area contributed by atoms with Crippen molar-refractivity contribution in [3.63, 3.8) is 0 Å². The third kappa shape index (κ3) is 4.80. The van der Waals surface area contributed by atoms with Crippen molar-refractivity contribution < 1.29 is 19.2 Å². The molecule has 4 amide bonds. The average Bonchev–Trinajstić information content (AvgIpc) is 3.15. The van der Waals surface area contributed by atoms with E-state index >= 15 is 0 Å². The number of hydrogen-bond donors (Lipinski definition) is 5. The maximum absolute atomic E-state index is 12.1. The lowest BCUT2D eigenvalue weighted by Gasteiger charge is -2.19. The number of carbonyl (C=O) groups is 4. The third-order valence-corrected chi connectivity index (χ3v) is 3.36. The zero-order valence-corrected chi connectivity index (χ0v) is 12.3. The van der Waals surface area contributed by atoms with E-state index in [1.807, 2.05) is 0 Å². The highest BCUT2D eigenvalue weighted by Gasteiger charge is 2.30. The molecule has 6 N–H and O–H groups in total. The molecule has 0 aliphatic carbocycles. The van der Waals surface area contributed by atoms with E-state index in [2.05, 4.69) is 25.9 Å². The second kappa shape index (κ2) is 7.38. The Bertz CT molecular complexity index is 600. The van der Waals surface area contributed by atoms with Crippen molar-refractivity contribution in [1.29, 1.82) is 0 Å². The van der Waals surface area contributed by atoms with Crippen molar-refractivity contribution in [3.05, 3.63) is 18.2 Å². The van der Waals surface area contributed by atoms with Gasteiger partial charge in [0.25, 0.3) is 0 Å². The zero-order valence-electron chi connectivity index (χ0n) is 12.3. The fourth-order valence-electron chi connectivity index (χ4n) is 2.21. The van der Waals surface area contributed by atoms with E-state index in [4.69, 9.17) is 5.73 Å². The first-order chi connectivity index (χ1) is 11.0. The summed E-state index contributed by atoms with van der Waals surface area (Å²) in [5.74, 6) is -1.88. The predicted molar refractivity (Wildman–Crippen MR) is 77.6 cm³/mol. The van der Waals surface area contributed by atoms with Gasteiger partial charge in [0.2, 0.25) is 23.6 Å². The number of nitrogens with two attached hydrogens (primary N) is 1. The molecule has 2 atom stereocenters. The van der Waals surface area contributed by atoms with Gasteiger partial charge in [-0.1, -0.05) is 0 Å². The SMILES string of the molecule is NC(=O)CNC(=O)C(Cc1cnc[nH]1)NC(=O)C1CCC(=O)N1. The molecule has 124 valence electrons. The minimum atomic E-state index is -0.917. The molecular weight excluding hydrogens is 304 g/mol. The molecule has 2 heterocycles. The molecule has 0 spiro atoms. The molecule has 1 aliphatic rings. The molecule has 0 bridgehead atoms. The quantitative estimate of drug-likeness (QED) is 0.369. The molecule has 0 aromatic carbocycles. The van der Waals surface area contributed by atoms with Crippen LogP contribution < -0.4 is 21.7 Å². The topological polar surface area (TPSA) is 159 Å². The second-order valence-electron chi connectivity index (χ2n) is 5.19. The van der Waals surface area contributed by atoms with E-state index < -0.39 is 29.8 Å². The summed E-state index contributed by atoms with van der Waals surface area (Å²) < 4.78 is 0. The highest BCUT2D eigenvalue weighted by molar-refractivity contribution is 5.94. The van der Waals surface area contributed by atoms with E-state index in [1.54, 1.807) is 0 Å². The lowest BCUT2D eigenvalue weighted by atomic mass is 10.1. The Balaban J connectivity index is 2.00. The number of aromatic nitrogens is 2. The lowest BCUT2D eigenvalue weighted by Crippen LogP contribution is -2.53. The van der Waals surface area contributed by atoms with Crippen LogP contribution in [-0.2, 0) is 25.6 Å². The molecule has 1 saturated heterocycles. The van der Waals surface area contributed by atoms with Crippen molar-refractivity contribution in [2.45, 2.75) is 31.3 Å². The summed E-state index contributed by atoms with van der Waals surface area (Å²) in [6, 6.07) is -1.57. The molecule has 2 unspecified atom stereocenters. The number of hydrogen-bond acceptors (Lipinski definition) is 5. The summed E-state index contributed by atoms with van der Waals surface area (Å²) in [6.45, 7) is -0.325. The summed E-state index contributed by atoms with van der Waals surface area (Å²) in [5, 5.41) is 7.46. The van der Waals surface area contributed by atoms with E-state index in [1.165, 1.54) is 12.5 Å². The maximum atomic E-state index is 12.1. The van der Waals surface area contributed by atoms with Gasteiger partial charge in [0.15, 0.2) is 0 Å². The lowest BCUT2D eigenvalue weighted by molar-refractivity contribution is -0.131. The summed E-state index contributed by atoms with van der Waals surface area (Å²) in [4.78, 5) is 52.9. The van der Waals surface area contributed by atoms with Gasteiger partial charge < -0.3 is 26.7 Å². The van der Waals surface area contributed by atoms with Crippen LogP contribution in [0.25, 0.3) is 0 Å². The van der Waals surface area contributed by atoms with Crippen molar-refractivity contribution in [2.24, 2.45) is 5.73 Å². The maximum Gasteiger partial charge on any atom is 0.243 e. The molecule has 23 heavy (non-hydrogen) atoms. The fraction of sp³-hybridized carbons (Fsp3) is 0.462. The summed E-state index contributed by atoms with van der Waals surface area (Å²) in [5.41, 5.74) is 5.63. The fourth-order valence-corrected chi connectivity index (χ4v) is 2.21. The van der Waals surface area contributed by atoms with Gasteiger partial charge in [0.05, 0.1) is 12.9 Å². The normalized spacial score (nSPS) is 18.1. The van der Waals surface area contributed by atoms with Gasteiger partial charge in [0, 0.05) is 24.7 Å². The second-order valence-corrected chi connectivity index (χ2v) is 5.19. The monoisotopic (exact) mass is 322 g/mol. The number of aromatic amines is 1. The molecule has 2 rings (SSSR count). The van der Waals surface area contributed by atoms with Crippen molar-refractivity contribution in [2.75, 3.05) is 6.54 Å². The standard InChI is InChI=1S/C13H18N6O4/c14-10(20)5-16-12(22)9(3-7-4-15-6-17-7)19-13(23)8-1-2-11(21)18-8/h4,6,8-9H,1-3,5H2,(H2,14,20)(H,15,17)(H,16,22)(H,18,21)(H,19,23). The van der Waals surface area contributed by atoms with Crippen LogP contribution in [0.2, 0.25) is 0 Å². The summed E-state index contributed by atoms with van der Waals surface area (Å²) >= 11 is 0. The first-order valence-corrected chi connectivity index (χ1v) is 7.08. The smallest absolute Gasteiger partial charge is 0.243 e. The van der Waals surface area contributed by atoms with Crippen molar-refractivity contribution >= 4 is 23.6 Å². The van der Waals surface area contributed by atoms with Crippen molar-refractivity contribution in [3.8, 4) is 0 Å². The number of primary amides is 1. The summed E-state index contributed by atoms with van der Waals surface area (Å²) in [6.07, 6.45) is 3.79. The minimum absolute atomic E-state index is 0.164. The molecule has 1 aromatic heterocycles. The number of rotatable bonds is 7.